The van der Waals surface area contributed by atoms with Crippen molar-refractivity contribution in [2.24, 2.45) is 0 Å². The number of fused-ring (bicyclic) bond motifs is 1. The second-order valence-electron chi connectivity index (χ2n) is 7.63. The molecule has 1 atom stereocenters. The first-order valence-corrected chi connectivity index (χ1v) is 10.0. The summed E-state index contributed by atoms with van der Waals surface area (Å²) in [6, 6.07) is 14.3. The van der Waals surface area contributed by atoms with E-state index in [4.69, 9.17) is 9.72 Å². The average Bonchev–Trinajstić information content (AvgIpc) is 2.94. The molecule has 1 aliphatic rings. The van der Waals surface area contributed by atoms with Gasteiger partial charge in [0.1, 0.15) is 11.4 Å². The zero-order valence-corrected chi connectivity index (χ0v) is 16.6. The number of hydrogen-bond acceptors (Lipinski definition) is 4. The highest BCUT2D eigenvalue weighted by Crippen LogP contribution is 2.32. The summed E-state index contributed by atoms with van der Waals surface area (Å²) >= 11 is 0. The maximum absolute atomic E-state index is 12.6. The molecule has 0 amide bonds. The minimum Gasteiger partial charge on any atom is -0.497 e. The Morgan fingerprint density at radius 2 is 1.93 bits per heavy atom. The van der Waals surface area contributed by atoms with E-state index in [1.165, 1.54) is 24.8 Å². The second-order valence-corrected chi connectivity index (χ2v) is 7.63. The van der Waals surface area contributed by atoms with Crippen molar-refractivity contribution < 1.29 is 4.74 Å². The number of benzene rings is 1. The van der Waals surface area contributed by atoms with Gasteiger partial charge >= 0.3 is 0 Å². The predicted molar refractivity (Wildman–Crippen MR) is 111 cm³/mol. The molecule has 1 aromatic carbocycles. The zero-order valence-electron chi connectivity index (χ0n) is 16.6. The van der Waals surface area contributed by atoms with Crippen LogP contribution in [0.4, 0.5) is 0 Å². The van der Waals surface area contributed by atoms with Gasteiger partial charge in [-0.1, -0.05) is 31.0 Å². The Morgan fingerprint density at radius 3 is 2.71 bits per heavy atom. The van der Waals surface area contributed by atoms with Gasteiger partial charge in [-0.2, -0.15) is 0 Å². The molecule has 3 aromatic rings. The fourth-order valence-electron chi connectivity index (χ4n) is 4.11. The van der Waals surface area contributed by atoms with Gasteiger partial charge in [0.2, 0.25) is 0 Å². The van der Waals surface area contributed by atoms with Gasteiger partial charge in [0.05, 0.1) is 12.8 Å². The van der Waals surface area contributed by atoms with Gasteiger partial charge in [-0.3, -0.25) is 14.1 Å². The molecule has 0 aliphatic carbocycles. The largest absolute Gasteiger partial charge is 0.497 e. The Labute approximate surface area is 165 Å². The minimum absolute atomic E-state index is 0.0143. The summed E-state index contributed by atoms with van der Waals surface area (Å²) in [5.74, 6) is 0.878. The minimum atomic E-state index is -0.0143. The van der Waals surface area contributed by atoms with Gasteiger partial charge in [0, 0.05) is 24.8 Å². The lowest BCUT2D eigenvalue weighted by atomic mass is 10.0. The van der Waals surface area contributed by atoms with Crippen LogP contribution in [0, 0.1) is 6.92 Å². The Kier molecular flexibility index (Phi) is 5.44. The Bertz CT molecular complexity index is 1010. The number of aryl methyl sites for hydroxylation is 1. The van der Waals surface area contributed by atoms with Crippen LogP contribution in [0.5, 0.6) is 5.75 Å². The molecule has 146 valence electrons. The molecule has 0 unspecified atom stereocenters. The number of aromatic nitrogens is 2. The van der Waals surface area contributed by atoms with Gasteiger partial charge in [-0.15, -0.1) is 0 Å². The van der Waals surface area contributed by atoms with Crippen molar-refractivity contribution in [1.82, 2.24) is 14.3 Å². The third kappa shape index (κ3) is 3.94. The monoisotopic (exact) mass is 377 g/mol. The van der Waals surface area contributed by atoms with E-state index in [0.29, 0.717) is 18.2 Å². The summed E-state index contributed by atoms with van der Waals surface area (Å²) in [5, 5.41) is 0. The lowest BCUT2D eigenvalue weighted by Crippen LogP contribution is -2.29. The number of rotatable bonds is 4. The molecular formula is C23H27N3O2. The van der Waals surface area contributed by atoms with E-state index in [1.807, 2.05) is 37.4 Å². The van der Waals surface area contributed by atoms with Gasteiger partial charge in [-0.25, -0.2) is 4.98 Å². The van der Waals surface area contributed by atoms with Crippen LogP contribution in [0.2, 0.25) is 0 Å². The van der Waals surface area contributed by atoms with Crippen molar-refractivity contribution in [2.45, 2.75) is 45.2 Å². The van der Waals surface area contributed by atoms with E-state index in [0.717, 1.165) is 30.0 Å². The molecule has 0 saturated carbocycles. The van der Waals surface area contributed by atoms with Gasteiger partial charge in [0.15, 0.2) is 0 Å². The first-order valence-electron chi connectivity index (χ1n) is 10.0. The number of nitrogens with zero attached hydrogens (tertiary/aromatic N) is 3. The predicted octanol–water partition coefficient (Wildman–Crippen LogP) is 4.13. The van der Waals surface area contributed by atoms with Crippen molar-refractivity contribution in [3.63, 3.8) is 0 Å². The molecule has 0 radical (unpaired) electrons. The van der Waals surface area contributed by atoms with Crippen LogP contribution in [0.15, 0.2) is 53.5 Å². The molecule has 3 heterocycles. The molecule has 0 bridgehead atoms. The summed E-state index contributed by atoms with van der Waals surface area (Å²) < 4.78 is 6.93. The molecule has 5 nitrogen and oxygen atoms in total. The molecule has 0 N–H and O–H groups in total. The normalized spacial score (nSPS) is 18.1. The third-order valence-corrected chi connectivity index (χ3v) is 5.59. The maximum Gasteiger partial charge on any atom is 0.258 e. The lowest BCUT2D eigenvalue weighted by molar-refractivity contribution is 0.190. The Hall–Kier alpha value is -2.66. The maximum atomic E-state index is 12.6. The highest BCUT2D eigenvalue weighted by Gasteiger charge is 2.23. The highest BCUT2D eigenvalue weighted by atomic mass is 16.5. The zero-order chi connectivity index (χ0) is 19.5. The molecule has 28 heavy (non-hydrogen) atoms. The van der Waals surface area contributed by atoms with E-state index in [-0.39, 0.29) is 5.56 Å². The van der Waals surface area contributed by atoms with Crippen LogP contribution >= 0.6 is 0 Å². The number of ether oxygens (including phenoxy) is 1. The molecule has 1 aliphatic heterocycles. The smallest absolute Gasteiger partial charge is 0.258 e. The van der Waals surface area contributed by atoms with Crippen LogP contribution in [0.25, 0.3) is 5.65 Å². The molecule has 1 saturated heterocycles. The van der Waals surface area contributed by atoms with Crippen molar-refractivity contribution in [2.75, 3.05) is 13.7 Å². The van der Waals surface area contributed by atoms with Gasteiger partial charge in [-0.05, 0) is 55.6 Å². The van der Waals surface area contributed by atoms with E-state index in [9.17, 15) is 4.79 Å². The molecule has 4 rings (SSSR count). The topological polar surface area (TPSA) is 46.8 Å². The summed E-state index contributed by atoms with van der Waals surface area (Å²) in [7, 11) is 1.69. The van der Waals surface area contributed by atoms with E-state index >= 15 is 0 Å². The highest BCUT2D eigenvalue weighted by molar-refractivity contribution is 5.40. The van der Waals surface area contributed by atoms with Crippen molar-refractivity contribution >= 4 is 5.65 Å². The van der Waals surface area contributed by atoms with Crippen molar-refractivity contribution in [3.05, 3.63) is 75.8 Å². The van der Waals surface area contributed by atoms with Crippen LogP contribution in [-0.4, -0.2) is 27.9 Å². The Balaban J connectivity index is 1.64. The fourth-order valence-corrected chi connectivity index (χ4v) is 4.11. The number of methoxy groups -OCH3 is 1. The number of pyridine rings is 1. The van der Waals surface area contributed by atoms with Crippen molar-refractivity contribution in [3.8, 4) is 5.75 Å². The average molecular weight is 377 g/mol. The first kappa shape index (κ1) is 18.7. The first-order chi connectivity index (χ1) is 13.6. The molecule has 0 spiro atoms. The third-order valence-electron chi connectivity index (χ3n) is 5.59. The van der Waals surface area contributed by atoms with E-state index in [1.54, 1.807) is 17.6 Å². The van der Waals surface area contributed by atoms with Crippen LogP contribution < -0.4 is 10.3 Å². The van der Waals surface area contributed by atoms with E-state index < -0.39 is 0 Å². The lowest BCUT2D eigenvalue weighted by Gasteiger charge is -2.30. The fraction of sp³-hybridized carbons (Fsp3) is 0.391. The standard InChI is InChI=1S/C23H27N3O2/c1-17-7-12-22-24-19(14-23(27)26(22)15-17)16-25-13-5-3-4-6-21(25)18-8-10-20(28-2)11-9-18/h7-12,14-15,21H,3-6,13,16H2,1-2H3/t21-/m1/s1. The van der Waals surface area contributed by atoms with Crippen LogP contribution in [0.1, 0.15) is 48.5 Å². The summed E-state index contributed by atoms with van der Waals surface area (Å²) in [6.07, 6.45) is 6.62. The van der Waals surface area contributed by atoms with E-state index in [2.05, 4.69) is 17.0 Å². The second kappa shape index (κ2) is 8.15. The number of likely N-dealkylation sites (tertiary alicyclic amines) is 1. The van der Waals surface area contributed by atoms with Gasteiger partial charge < -0.3 is 4.74 Å². The molecule has 5 heteroatoms. The molecule has 2 aromatic heterocycles. The van der Waals surface area contributed by atoms with Crippen molar-refractivity contribution in [1.29, 1.82) is 0 Å². The summed E-state index contributed by atoms with van der Waals surface area (Å²) in [5.41, 5.74) is 3.89. The van der Waals surface area contributed by atoms with Crippen LogP contribution in [0.3, 0.4) is 0 Å². The molecule has 1 fully saturated rings. The SMILES string of the molecule is COc1ccc([C@H]2CCCCCN2Cc2cc(=O)n3cc(C)ccc3n2)cc1. The summed E-state index contributed by atoms with van der Waals surface area (Å²) in [4.78, 5) is 19.8. The molecular weight excluding hydrogens is 350 g/mol. The van der Waals surface area contributed by atoms with Gasteiger partial charge in [0.25, 0.3) is 5.56 Å². The van der Waals surface area contributed by atoms with Crippen LogP contribution in [-0.2, 0) is 6.54 Å². The quantitative estimate of drug-likeness (QED) is 0.686. The summed E-state index contributed by atoms with van der Waals surface area (Å²) in [6.45, 7) is 3.69. The Morgan fingerprint density at radius 1 is 1.11 bits per heavy atom. The number of hydrogen-bond donors (Lipinski definition) is 0.